The summed E-state index contributed by atoms with van der Waals surface area (Å²) in [7, 11) is 0. The maximum Gasteiger partial charge on any atom is 0.442 e. The van der Waals surface area contributed by atoms with E-state index < -0.39 is 29.6 Å². The van der Waals surface area contributed by atoms with E-state index in [0.717, 1.165) is 32.1 Å². The van der Waals surface area contributed by atoms with E-state index in [4.69, 9.17) is 0 Å². The molecule has 0 unspecified atom stereocenters. The smallest absolute Gasteiger partial charge is 0.316 e. The monoisotopic (exact) mass is 421 g/mol. The molecule has 0 bridgehead atoms. The first-order valence-electron chi connectivity index (χ1n) is 10.7. The van der Waals surface area contributed by atoms with Crippen molar-refractivity contribution in [2.45, 2.75) is 75.7 Å². The first-order valence-corrected chi connectivity index (χ1v) is 10.7. The van der Waals surface area contributed by atoms with Gasteiger partial charge in [-0.1, -0.05) is 62.4 Å². The van der Waals surface area contributed by atoms with Crippen LogP contribution in [0.25, 0.3) is 0 Å². The molecule has 0 radical (unpaired) electrons. The topological polar surface area (TPSA) is 61.8 Å². The molecule has 162 valence electrons. The Bertz CT molecular complexity index is 828. The average Bonchev–Trinajstić information content (AvgIpc) is 3.36. The molecule has 2 amide bonds. The van der Waals surface area contributed by atoms with Gasteiger partial charge in [0.05, 0.1) is 0 Å². The third kappa shape index (κ3) is 3.61. The van der Waals surface area contributed by atoms with Crippen LogP contribution < -0.4 is 5.32 Å². The third-order valence-corrected chi connectivity index (χ3v) is 6.44. The number of carbonyl (C=O) groups excluding carboxylic acids is 2. The van der Waals surface area contributed by atoms with Gasteiger partial charge in [-0.15, -0.1) is 0 Å². The maximum atomic E-state index is 14.4. The summed E-state index contributed by atoms with van der Waals surface area (Å²) in [6.45, 7) is 0. The number of hydrogen-bond donors (Lipinski definition) is 1. The molecular weight excluding hydrogens is 395 g/mol. The highest BCUT2D eigenvalue weighted by molar-refractivity contribution is 6.16. The molecule has 1 heterocycles. The highest BCUT2D eigenvalue weighted by Crippen LogP contribution is 2.41. The van der Waals surface area contributed by atoms with Gasteiger partial charge in [-0.25, -0.2) is 4.99 Å². The van der Waals surface area contributed by atoms with Gasteiger partial charge in [-0.3, -0.25) is 14.5 Å². The molecule has 3 aliphatic rings. The second kappa shape index (κ2) is 8.04. The normalized spacial score (nSPS) is 26.2. The summed E-state index contributed by atoms with van der Waals surface area (Å²) in [5, 5.41) is 2.06. The Morgan fingerprint density at radius 3 is 2.20 bits per heavy atom. The Labute approximate surface area is 173 Å². The number of alkyl halides is 3. The van der Waals surface area contributed by atoms with Crippen LogP contribution in [0.4, 0.5) is 13.2 Å². The molecule has 5 nitrogen and oxygen atoms in total. The van der Waals surface area contributed by atoms with Crippen LogP contribution in [0.5, 0.6) is 0 Å². The Morgan fingerprint density at radius 1 is 1.00 bits per heavy atom. The molecule has 2 aliphatic carbocycles. The highest BCUT2D eigenvalue weighted by atomic mass is 19.4. The van der Waals surface area contributed by atoms with Gasteiger partial charge in [0.2, 0.25) is 5.91 Å². The number of hydrogen-bond acceptors (Lipinski definition) is 3. The minimum Gasteiger partial charge on any atom is -0.316 e. The van der Waals surface area contributed by atoms with E-state index >= 15 is 0 Å². The number of nitrogens with one attached hydrogen (secondary N) is 1. The van der Waals surface area contributed by atoms with E-state index in [0.29, 0.717) is 31.2 Å². The molecule has 2 saturated carbocycles. The Morgan fingerprint density at radius 2 is 1.60 bits per heavy atom. The molecule has 0 spiro atoms. The molecule has 2 fully saturated rings. The number of halogens is 3. The molecular formula is C22H26F3N3O2. The summed E-state index contributed by atoms with van der Waals surface area (Å²) < 4.78 is 43.1. The van der Waals surface area contributed by atoms with Gasteiger partial charge in [0, 0.05) is 17.5 Å². The van der Waals surface area contributed by atoms with E-state index in [-0.39, 0.29) is 11.9 Å². The maximum absolute atomic E-state index is 14.4. The molecule has 1 aliphatic heterocycles. The third-order valence-electron chi connectivity index (χ3n) is 6.44. The van der Waals surface area contributed by atoms with E-state index in [9.17, 15) is 22.8 Å². The van der Waals surface area contributed by atoms with Crippen molar-refractivity contribution in [1.82, 2.24) is 10.2 Å². The van der Waals surface area contributed by atoms with Crippen molar-refractivity contribution in [3.05, 3.63) is 35.9 Å². The van der Waals surface area contributed by atoms with Crippen LogP contribution >= 0.6 is 0 Å². The van der Waals surface area contributed by atoms with Crippen molar-refractivity contribution in [3.63, 3.8) is 0 Å². The standard InChI is InChI=1S/C22H26F3N3O2/c23-22(24,25)21(27-19(29)16-11-5-2-6-12-16)20(30)28(17-13-7-8-14-17)18(26-21)15-9-3-1-4-10-15/h1,3-4,9-10,16-17H,2,5-8,11-14H2,(H,27,29)/t21-/m0/s1. The fourth-order valence-electron chi connectivity index (χ4n) is 4.81. The van der Waals surface area contributed by atoms with Gasteiger partial charge in [0.1, 0.15) is 5.84 Å². The number of carbonyl (C=O) groups is 2. The quantitative estimate of drug-likeness (QED) is 0.793. The number of aliphatic imine (C=N–C) groups is 1. The molecule has 1 atom stereocenters. The zero-order valence-corrected chi connectivity index (χ0v) is 16.8. The number of benzene rings is 1. The lowest BCUT2D eigenvalue weighted by atomic mass is 9.88. The zero-order valence-electron chi connectivity index (χ0n) is 16.8. The van der Waals surface area contributed by atoms with E-state index in [1.165, 1.54) is 4.90 Å². The fourth-order valence-corrected chi connectivity index (χ4v) is 4.81. The number of nitrogens with zero attached hydrogens (tertiary/aromatic N) is 2. The Kier molecular flexibility index (Phi) is 5.59. The van der Waals surface area contributed by atoms with Crippen LogP contribution in [0.15, 0.2) is 35.3 Å². The van der Waals surface area contributed by atoms with Crippen LogP contribution in [-0.4, -0.2) is 40.4 Å². The van der Waals surface area contributed by atoms with Crippen molar-refractivity contribution in [3.8, 4) is 0 Å². The van der Waals surface area contributed by atoms with Crippen molar-refractivity contribution >= 4 is 17.6 Å². The highest BCUT2D eigenvalue weighted by Gasteiger charge is 2.68. The number of amides is 2. The Balaban J connectivity index is 1.75. The van der Waals surface area contributed by atoms with E-state index in [2.05, 4.69) is 10.3 Å². The lowest BCUT2D eigenvalue weighted by molar-refractivity contribution is -0.201. The molecule has 0 aromatic heterocycles. The summed E-state index contributed by atoms with van der Waals surface area (Å²) in [6, 6.07) is 8.09. The van der Waals surface area contributed by atoms with Crippen LogP contribution in [0.1, 0.15) is 63.4 Å². The largest absolute Gasteiger partial charge is 0.442 e. The van der Waals surface area contributed by atoms with Crippen LogP contribution in [0.2, 0.25) is 0 Å². The van der Waals surface area contributed by atoms with Gasteiger partial charge >= 0.3 is 11.8 Å². The summed E-state index contributed by atoms with van der Waals surface area (Å²) in [6.07, 6.45) is 1.57. The van der Waals surface area contributed by atoms with Crippen LogP contribution in [0, 0.1) is 5.92 Å². The summed E-state index contributed by atoms with van der Waals surface area (Å²) in [5.41, 5.74) is -2.81. The molecule has 4 rings (SSSR count). The van der Waals surface area contributed by atoms with Gasteiger partial charge in [0.25, 0.3) is 5.91 Å². The van der Waals surface area contributed by atoms with Gasteiger partial charge < -0.3 is 5.32 Å². The zero-order chi connectivity index (χ0) is 21.4. The number of rotatable bonds is 4. The molecule has 30 heavy (non-hydrogen) atoms. The molecule has 1 N–H and O–H groups in total. The van der Waals surface area contributed by atoms with Gasteiger partial charge in [-0.2, -0.15) is 13.2 Å². The lowest BCUT2D eigenvalue weighted by Gasteiger charge is -2.33. The molecule has 1 aromatic rings. The first-order chi connectivity index (χ1) is 14.3. The first kappa shape index (κ1) is 20.9. The SMILES string of the molecule is O=C(N[C@@]1(C(F)(F)F)N=C(c2ccccc2)N(C2CCCC2)C1=O)C1CCCCC1. The van der Waals surface area contributed by atoms with Crippen molar-refractivity contribution in [2.24, 2.45) is 10.9 Å². The minimum absolute atomic E-state index is 0.00577. The van der Waals surface area contributed by atoms with Crippen LogP contribution in [0.3, 0.4) is 0 Å². The van der Waals surface area contributed by atoms with E-state index in [1.807, 2.05) is 0 Å². The number of amidine groups is 1. The second-order valence-corrected chi connectivity index (χ2v) is 8.45. The minimum atomic E-state index is -5.04. The van der Waals surface area contributed by atoms with Gasteiger partial charge in [0.15, 0.2) is 0 Å². The predicted molar refractivity (Wildman–Crippen MR) is 106 cm³/mol. The summed E-state index contributed by atoms with van der Waals surface area (Å²) in [5.74, 6) is -2.44. The summed E-state index contributed by atoms with van der Waals surface area (Å²) >= 11 is 0. The predicted octanol–water partition coefficient (Wildman–Crippen LogP) is 4.17. The molecule has 0 saturated heterocycles. The van der Waals surface area contributed by atoms with Crippen molar-refractivity contribution in [2.75, 3.05) is 0 Å². The van der Waals surface area contributed by atoms with E-state index in [1.54, 1.807) is 30.3 Å². The Hall–Kier alpha value is -2.38. The average molecular weight is 421 g/mol. The second-order valence-electron chi connectivity index (χ2n) is 8.45. The van der Waals surface area contributed by atoms with Crippen molar-refractivity contribution < 1.29 is 22.8 Å². The lowest BCUT2D eigenvalue weighted by Crippen LogP contribution is -2.65. The molecule has 1 aromatic carbocycles. The van der Waals surface area contributed by atoms with Gasteiger partial charge in [-0.05, 0) is 25.7 Å². The summed E-state index contributed by atoms with van der Waals surface area (Å²) in [4.78, 5) is 31.2. The van der Waals surface area contributed by atoms with Crippen molar-refractivity contribution in [1.29, 1.82) is 0 Å². The molecule has 8 heteroatoms. The van der Waals surface area contributed by atoms with Crippen LogP contribution in [-0.2, 0) is 9.59 Å². The fraction of sp³-hybridized carbons (Fsp3) is 0.591.